The van der Waals surface area contributed by atoms with Gasteiger partial charge in [0.15, 0.2) is 5.72 Å². The fourth-order valence-electron chi connectivity index (χ4n) is 1.09. The van der Waals surface area contributed by atoms with Crippen molar-refractivity contribution in [3.8, 4) is 0 Å². The van der Waals surface area contributed by atoms with Gasteiger partial charge in [0.05, 0.1) is 0 Å². The monoisotopic (exact) mass is 144 g/mol. The predicted octanol–water partition coefficient (Wildman–Crippen LogP) is 0.181. The molecule has 1 fully saturated rings. The summed E-state index contributed by atoms with van der Waals surface area (Å²) < 4.78 is 4.85. The number of hydrogen-bond acceptors (Lipinski definition) is 3. The highest BCUT2D eigenvalue weighted by atomic mass is 16.6. The molecule has 10 heavy (non-hydrogen) atoms. The maximum absolute atomic E-state index is 10.3. The molecule has 1 aliphatic carbocycles. The van der Waals surface area contributed by atoms with Gasteiger partial charge < -0.3 is 10.5 Å². The summed E-state index contributed by atoms with van der Waals surface area (Å²) in [6.45, 7) is 0. The van der Waals surface area contributed by atoms with E-state index < -0.39 is 11.8 Å². The largest absolute Gasteiger partial charge is 0.428 e. The zero-order valence-corrected chi connectivity index (χ0v) is 6.02. The average molecular weight is 144 g/mol. The fraction of sp³-hybridized carbons (Fsp3) is 0.833. The van der Waals surface area contributed by atoms with Gasteiger partial charge in [0.25, 0.3) is 0 Å². The van der Waals surface area contributed by atoms with Crippen LogP contribution >= 0.6 is 0 Å². The number of primary amides is 1. The molecule has 1 rings (SSSR count). The van der Waals surface area contributed by atoms with E-state index >= 15 is 0 Å². The lowest BCUT2D eigenvalue weighted by Crippen LogP contribution is -2.53. The molecule has 1 saturated carbocycles. The Kier molecular flexibility index (Phi) is 1.80. The third kappa shape index (κ3) is 1.21. The molecule has 4 heteroatoms. The molecule has 0 saturated heterocycles. The van der Waals surface area contributed by atoms with E-state index in [4.69, 9.17) is 10.5 Å². The summed E-state index contributed by atoms with van der Waals surface area (Å²) >= 11 is 0. The second-order valence-electron chi connectivity index (χ2n) is 2.52. The number of carbonyl (C=O) groups excluding carboxylic acids is 1. The molecule has 3 N–H and O–H groups in total. The van der Waals surface area contributed by atoms with Crippen LogP contribution in [-0.4, -0.2) is 18.9 Å². The van der Waals surface area contributed by atoms with Gasteiger partial charge in [0.1, 0.15) is 0 Å². The Hall–Kier alpha value is -0.770. The molecule has 0 aromatic carbocycles. The number of rotatable bonds is 2. The van der Waals surface area contributed by atoms with Gasteiger partial charge >= 0.3 is 6.09 Å². The van der Waals surface area contributed by atoms with Crippen LogP contribution < -0.4 is 11.1 Å². The Balaban J connectivity index is 2.40. The van der Waals surface area contributed by atoms with Crippen molar-refractivity contribution >= 4 is 6.09 Å². The molecule has 0 heterocycles. The molecule has 0 spiro atoms. The first-order valence-corrected chi connectivity index (χ1v) is 3.36. The van der Waals surface area contributed by atoms with Crippen molar-refractivity contribution in [2.45, 2.75) is 25.0 Å². The van der Waals surface area contributed by atoms with Crippen molar-refractivity contribution in [2.24, 2.45) is 5.73 Å². The number of amides is 1. The molecular formula is C6H12N2O2. The molecule has 0 atom stereocenters. The van der Waals surface area contributed by atoms with E-state index in [0.717, 1.165) is 19.3 Å². The van der Waals surface area contributed by atoms with Crippen LogP contribution in [0.15, 0.2) is 0 Å². The molecule has 1 aliphatic rings. The van der Waals surface area contributed by atoms with Gasteiger partial charge in [0, 0.05) is 12.8 Å². The van der Waals surface area contributed by atoms with E-state index in [9.17, 15) is 4.79 Å². The number of nitrogens with two attached hydrogens (primary N) is 1. The van der Waals surface area contributed by atoms with Gasteiger partial charge in [-0.3, -0.25) is 5.32 Å². The van der Waals surface area contributed by atoms with Crippen LogP contribution in [0.4, 0.5) is 4.79 Å². The van der Waals surface area contributed by atoms with Crippen LogP contribution in [0.3, 0.4) is 0 Å². The van der Waals surface area contributed by atoms with Gasteiger partial charge in [-0.1, -0.05) is 0 Å². The van der Waals surface area contributed by atoms with E-state index in [1.54, 1.807) is 7.05 Å². The quantitative estimate of drug-likeness (QED) is 0.543. The fourth-order valence-corrected chi connectivity index (χ4v) is 1.09. The van der Waals surface area contributed by atoms with Gasteiger partial charge in [-0.05, 0) is 13.5 Å². The summed E-state index contributed by atoms with van der Waals surface area (Å²) in [5.41, 5.74) is 4.42. The van der Waals surface area contributed by atoms with Crippen molar-refractivity contribution in [3.05, 3.63) is 0 Å². The maximum Gasteiger partial charge on any atom is 0.406 e. The molecule has 0 aromatic rings. The van der Waals surface area contributed by atoms with Crippen molar-refractivity contribution in [3.63, 3.8) is 0 Å². The summed E-state index contributed by atoms with van der Waals surface area (Å²) in [6, 6.07) is 0. The molecule has 58 valence electrons. The van der Waals surface area contributed by atoms with Crippen LogP contribution in [0.25, 0.3) is 0 Å². The molecule has 0 aliphatic heterocycles. The predicted molar refractivity (Wildman–Crippen MR) is 36.3 cm³/mol. The van der Waals surface area contributed by atoms with Crippen LogP contribution in [0.1, 0.15) is 19.3 Å². The Bertz CT molecular complexity index is 137. The first-order chi connectivity index (χ1) is 4.68. The van der Waals surface area contributed by atoms with E-state index in [1.807, 2.05) is 0 Å². The Labute approximate surface area is 59.7 Å². The number of carbonyl (C=O) groups is 1. The lowest BCUT2D eigenvalue weighted by Gasteiger charge is -2.39. The highest BCUT2D eigenvalue weighted by Crippen LogP contribution is 2.32. The van der Waals surface area contributed by atoms with Crippen LogP contribution in [0.5, 0.6) is 0 Å². The van der Waals surface area contributed by atoms with E-state index in [1.165, 1.54) is 0 Å². The molecular weight excluding hydrogens is 132 g/mol. The molecule has 0 aromatic heterocycles. The highest BCUT2D eigenvalue weighted by molar-refractivity contribution is 5.65. The van der Waals surface area contributed by atoms with E-state index in [0.29, 0.717) is 0 Å². The minimum Gasteiger partial charge on any atom is -0.428 e. The highest BCUT2D eigenvalue weighted by Gasteiger charge is 2.38. The lowest BCUT2D eigenvalue weighted by molar-refractivity contribution is -0.0648. The van der Waals surface area contributed by atoms with Gasteiger partial charge in [-0.15, -0.1) is 0 Å². The third-order valence-electron chi connectivity index (χ3n) is 1.91. The maximum atomic E-state index is 10.3. The zero-order valence-electron chi connectivity index (χ0n) is 6.02. The summed E-state index contributed by atoms with van der Waals surface area (Å²) in [6.07, 6.45) is 2.13. The zero-order chi connectivity index (χ0) is 7.61. The Morgan fingerprint density at radius 2 is 2.30 bits per heavy atom. The van der Waals surface area contributed by atoms with Gasteiger partial charge in [-0.25, -0.2) is 4.79 Å². The van der Waals surface area contributed by atoms with Crippen molar-refractivity contribution in [1.82, 2.24) is 5.32 Å². The second-order valence-corrected chi connectivity index (χ2v) is 2.52. The van der Waals surface area contributed by atoms with Crippen molar-refractivity contribution in [1.29, 1.82) is 0 Å². The topological polar surface area (TPSA) is 64.3 Å². The summed E-state index contributed by atoms with van der Waals surface area (Å²) in [5, 5.41) is 2.92. The van der Waals surface area contributed by atoms with E-state index in [2.05, 4.69) is 5.32 Å². The third-order valence-corrected chi connectivity index (χ3v) is 1.91. The van der Waals surface area contributed by atoms with Crippen LogP contribution in [-0.2, 0) is 4.74 Å². The molecule has 1 amide bonds. The first kappa shape index (κ1) is 7.34. The summed E-state index contributed by atoms with van der Waals surface area (Å²) in [7, 11) is 1.77. The van der Waals surface area contributed by atoms with Crippen LogP contribution in [0, 0.1) is 0 Å². The lowest BCUT2D eigenvalue weighted by atomic mass is 9.88. The van der Waals surface area contributed by atoms with E-state index in [-0.39, 0.29) is 0 Å². The summed E-state index contributed by atoms with van der Waals surface area (Å²) in [4.78, 5) is 10.3. The van der Waals surface area contributed by atoms with Gasteiger partial charge in [-0.2, -0.15) is 0 Å². The number of hydrogen-bond donors (Lipinski definition) is 2. The van der Waals surface area contributed by atoms with Crippen molar-refractivity contribution in [2.75, 3.05) is 7.05 Å². The minimum absolute atomic E-state index is 0.439. The van der Waals surface area contributed by atoms with Crippen LogP contribution in [0.2, 0.25) is 0 Å². The number of nitrogens with one attached hydrogen (secondary N) is 1. The Morgan fingerprint density at radius 3 is 2.40 bits per heavy atom. The normalized spacial score (nSPS) is 21.3. The smallest absolute Gasteiger partial charge is 0.406 e. The van der Waals surface area contributed by atoms with Gasteiger partial charge in [0.2, 0.25) is 0 Å². The number of ether oxygens (including phenoxy) is 1. The second kappa shape index (κ2) is 2.46. The Morgan fingerprint density at radius 1 is 1.70 bits per heavy atom. The first-order valence-electron chi connectivity index (χ1n) is 3.36. The SMILES string of the molecule is CNC1(OC(N)=O)CCC1. The minimum atomic E-state index is -0.700. The molecule has 0 unspecified atom stereocenters. The van der Waals surface area contributed by atoms with Crippen molar-refractivity contribution < 1.29 is 9.53 Å². The molecule has 4 nitrogen and oxygen atoms in total. The summed E-state index contributed by atoms with van der Waals surface area (Å²) in [5.74, 6) is 0. The molecule has 0 radical (unpaired) electrons. The average Bonchev–Trinajstić information content (AvgIpc) is 1.78. The molecule has 0 bridgehead atoms. The standard InChI is InChI=1S/C6H12N2O2/c1-8-6(3-2-4-6)10-5(7)9/h8H,2-4H2,1H3,(H2,7,9).